The van der Waals surface area contributed by atoms with Crippen LogP contribution in [0.25, 0.3) is 10.9 Å². The number of H-pyrrole nitrogens is 1. The van der Waals surface area contributed by atoms with Crippen LogP contribution in [0.5, 0.6) is 5.75 Å². The Balaban J connectivity index is 0.806. The molecule has 0 saturated carbocycles. The van der Waals surface area contributed by atoms with Crippen LogP contribution in [-0.4, -0.2) is 70.8 Å². The Morgan fingerprint density at radius 2 is 1.42 bits per heavy atom. The number of fused-ring (bicyclic) bond motifs is 1. The lowest BCUT2D eigenvalue weighted by molar-refractivity contribution is 0.114. The van der Waals surface area contributed by atoms with Crippen molar-refractivity contribution in [3.8, 4) is 5.75 Å². The summed E-state index contributed by atoms with van der Waals surface area (Å²) in [7, 11) is -2.13. The van der Waals surface area contributed by atoms with Crippen LogP contribution < -0.4 is 15.6 Å². The van der Waals surface area contributed by atoms with Crippen LogP contribution in [0.15, 0.2) is 126 Å². The van der Waals surface area contributed by atoms with Crippen molar-refractivity contribution in [2.75, 3.05) is 32.7 Å². The number of unbranched alkanes of at least 4 members (excludes halogenated alkanes) is 6. The van der Waals surface area contributed by atoms with Gasteiger partial charge in [-0.05, 0) is 110 Å². The number of rotatable bonds is 23. The van der Waals surface area contributed by atoms with E-state index in [4.69, 9.17) is 14.3 Å². The van der Waals surface area contributed by atoms with Crippen LogP contribution in [0.2, 0.25) is 18.1 Å². The number of aromatic amines is 1. The predicted octanol–water partition coefficient (Wildman–Crippen LogP) is 10.8. The Morgan fingerprint density at radius 1 is 0.800 bits per heavy atom. The average Bonchev–Trinajstić information content (AvgIpc) is 3.79. The highest BCUT2D eigenvalue weighted by Crippen LogP contribution is 2.41. The van der Waals surface area contributed by atoms with Crippen LogP contribution >= 0.6 is 0 Å². The topological polar surface area (TPSA) is 118 Å². The normalized spacial score (nSPS) is 14.8. The van der Waals surface area contributed by atoms with Gasteiger partial charge in [0.05, 0.1) is 11.6 Å². The summed E-state index contributed by atoms with van der Waals surface area (Å²) in [6.45, 7) is 17.8. The van der Waals surface area contributed by atoms with Crippen LogP contribution in [0, 0.1) is 5.92 Å². The van der Waals surface area contributed by atoms with Gasteiger partial charge in [0, 0.05) is 24.5 Å². The van der Waals surface area contributed by atoms with Crippen molar-refractivity contribution in [2.24, 2.45) is 5.92 Å². The highest BCUT2D eigenvalue weighted by molar-refractivity contribution is 6.74. The molecular weight excluding hydrogens is 825 g/mol. The molecule has 1 fully saturated rings. The zero-order valence-electron chi connectivity index (χ0n) is 39.5. The molecule has 0 amide bonds. The molecule has 0 aliphatic carbocycles. The van der Waals surface area contributed by atoms with Gasteiger partial charge in [-0.2, -0.15) is 5.10 Å². The molecule has 10 nitrogen and oxygen atoms in total. The minimum atomic E-state index is -2.13. The number of ether oxygens (including phenoxy) is 1. The van der Waals surface area contributed by atoms with Crippen LogP contribution in [0.1, 0.15) is 113 Å². The molecule has 0 bridgehead atoms. The van der Waals surface area contributed by atoms with Crippen molar-refractivity contribution in [1.82, 2.24) is 30.0 Å². The van der Waals surface area contributed by atoms with Gasteiger partial charge in [-0.25, -0.2) is 4.98 Å². The van der Waals surface area contributed by atoms with E-state index in [-0.39, 0.29) is 16.7 Å². The first kappa shape index (κ1) is 48.0. The molecule has 1 aliphatic rings. The fraction of sp³-hybridized carbons (Fsp3) is 0.463. The lowest BCUT2D eigenvalue weighted by Gasteiger charge is -2.39. The molecule has 1 saturated heterocycles. The maximum absolute atomic E-state index is 12.6. The second kappa shape index (κ2) is 22.5. The highest BCUT2D eigenvalue weighted by atomic mass is 28.4. The van der Waals surface area contributed by atoms with Crippen molar-refractivity contribution in [2.45, 2.75) is 122 Å². The van der Waals surface area contributed by atoms with Crippen molar-refractivity contribution in [1.29, 1.82) is 0 Å². The molecule has 11 heteroatoms. The average molecular weight is 897 g/mol. The fourth-order valence-electron chi connectivity index (χ4n) is 8.82. The molecule has 7 rings (SSSR count). The van der Waals surface area contributed by atoms with Crippen LogP contribution in [-0.2, 0) is 23.2 Å². The summed E-state index contributed by atoms with van der Waals surface area (Å²) in [6, 6.07) is 37.2. The molecule has 0 unspecified atom stereocenters. The van der Waals surface area contributed by atoms with E-state index in [2.05, 4.69) is 60.1 Å². The van der Waals surface area contributed by atoms with Crippen molar-refractivity contribution in [3.05, 3.63) is 160 Å². The first-order valence-electron chi connectivity index (χ1n) is 24.1. The molecule has 346 valence electrons. The smallest absolute Gasteiger partial charge is 0.248 e. The Hall–Kier alpha value is -4.91. The zero-order valence-corrected chi connectivity index (χ0v) is 40.5. The number of likely N-dealkylation sites (tertiary alicyclic amines) is 1. The van der Waals surface area contributed by atoms with Crippen LogP contribution in [0.4, 0.5) is 0 Å². The molecule has 0 spiro atoms. The summed E-state index contributed by atoms with van der Waals surface area (Å²) >= 11 is 0. The number of aliphatic hydroxyl groups is 1. The number of piperidine rings is 1. The summed E-state index contributed by atoms with van der Waals surface area (Å²) in [5.41, 5.74) is 2.83. The maximum Gasteiger partial charge on any atom is 0.248 e. The molecule has 1 atom stereocenters. The molecule has 2 aromatic heterocycles. The largest absolute Gasteiger partial charge is 0.487 e. The molecule has 0 radical (unpaired) electrons. The van der Waals surface area contributed by atoms with E-state index >= 15 is 0 Å². The summed E-state index contributed by atoms with van der Waals surface area (Å²) < 4.78 is 15.3. The van der Waals surface area contributed by atoms with Gasteiger partial charge in [-0.15, -0.1) is 0 Å². The number of pyridine rings is 1. The Bertz CT molecular complexity index is 2370. The molecule has 3 heterocycles. The number of hydrogen-bond donors (Lipinski definition) is 3. The van der Waals surface area contributed by atoms with E-state index in [1.165, 1.54) is 45.1 Å². The summed E-state index contributed by atoms with van der Waals surface area (Å²) in [5, 5.41) is 21.7. The number of benzene rings is 4. The lowest BCUT2D eigenvalue weighted by atomic mass is 9.86. The third-order valence-electron chi connectivity index (χ3n) is 13.8. The highest BCUT2D eigenvalue weighted by Gasteiger charge is 2.40. The molecule has 6 aromatic rings. The van der Waals surface area contributed by atoms with Gasteiger partial charge < -0.3 is 29.5 Å². The summed E-state index contributed by atoms with van der Waals surface area (Å²) in [6.07, 6.45) is 12.7. The molecular formula is C54H72N6O4Si. The van der Waals surface area contributed by atoms with Gasteiger partial charge in [0.15, 0.2) is 19.7 Å². The fourth-order valence-corrected chi connectivity index (χ4v) is 10.1. The number of aromatic nitrogens is 4. The van der Waals surface area contributed by atoms with Gasteiger partial charge in [-0.3, -0.25) is 9.48 Å². The number of hydrogen-bond acceptors (Lipinski definition) is 8. The van der Waals surface area contributed by atoms with E-state index in [1.54, 1.807) is 12.4 Å². The summed E-state index contributed by atoms with van der Waals surface area (Å²) in [4.78, 5) is 22.9. The minimum absolute atomic E-state index is 0.0547. The second-order valence-corrected chi connectivity index (χ2v) is 24.4. The van der Waals surface area contributed by atoms with E-state index in [1.807, 2.05) is 108 Å². The Morgan fingerprint density at radius 3 is 2.06 bits per heavy atom. The Kier molecular flexibility index (Phi) is 16.6. The van der Waals surface area contributed by atoms with Gasteiger partial charge in [0.25, 0.3) is 0 Å². The molecule has 65 heavy (non-hydrogen) atoms. The third kappa shape index (κ3) is 12.7. The van der Waals surface area contributed by atoms with Crippen molar-refractivity contribution in [3.63, 3.8) is 0 Å². The van der Waals surface area contributed by atoms with Gasteiger partial charge >= 0.3 is 0 Å². The first-order valence-corrected chi connectivity index (χ1v) is 27.0. The predicted molar refractivity (Wildman–Crippen MR) is 266 cm³/mol. The lowest BCUT2D eigenvalue weighted by Crippen LogP contribution is -2.43. The molecule has 1 aliphatic heterocycles. The van der Waals surface area contributed by atoms with Gasteiger partial charge in [0.1, 0.15) is 18.7 Å². The quantitative estimate of drug-likeness (QED) is 0.0430. The van der Waals surface area contributed by atoms with E-state index in [0.717, 1.165) is 73.1 Å². The standard InChI is InChI=1S/C54H72N6O4Si/c1-53(2,3)65(4,5)64-49(46-28-30-48(51-47(46)29-31-50(61)57-51)63-40-43-22-14-11-15-23-43)38-55-34-20-9-7-6-8-10-21-35-59-36-32-42(33-37-59)39-60-41-56-52(58-60)54(62,44-24-16-12-17-25-44)45-26-18-13-19-27-45/h11-19,22-31,41-42,49,55,62H,6-10,20-21,32-40H2,1-5H3,(H,57,61)/t49-/m0/s1. The zero-order chi connectivity index (χ0) is 45.7. The first-order chi connectivity index (χ1) is 31.4. The minimum Gasteiger partial charge on any atom is -0.487 e. The van der Waals surface area contributed by atoms with E-state index in [9.17, 15) is 9.90 Å². The van der Waals surface area contributed by atoms with Gasteiger partial charge in [-0.1, -0.05) is 150 Å². The van der Waals surface area contributed by atoms with Crippen molar-refractivity contribution < 1.29 is 14.3 Å². The van der Waals surface area contributed by atoms with E-state index < -0.39 is 13.9 Å². The van der Waals surface area contributed by atoms with Crippen molar-refractivity contribution >= 4 is 19.2 Å². The molecule has 4 aromatic carbocycles. The number of nitrogens with zero attached hydrogens (tertiary/aromatic N) is 4. The maximum atomic E-state index is 12.6. The van der Waals surface area contributed by atoms with Crippen LogP contribution in [0.3, 0.4) is 0 Å². The monoisotopic (exact) mass is 897 g/mol. The second-order valence-electron chi connectivity index (χ2n) is 19.6. The third-order valence-corrected chi connectivity index (χ3v) is 18.3. The Labute approximate surface area is 388 Å². The number of nitrogens with one attached hydrogen (secondary N) is 2. The van der Waals surface area contributed by atoms with E-state index in [0.29, 0.717) is 36.2 Å². The summed E-state index contributed by atoms with van der Waals surface area (Å²) in [5.74, 6) is 1.63. The van der Waals surface area contributed by atoms with Gasteiger partial charge in [0.2, 0.25) is 5.56 Å². The molecule has 3 N–H and O–H groups in total. The SMILES string of the molecule is CC(C)(C)[Si](C)(C)O[C@@H](CNCCCCCCCCCN1CCC(Cn2cnc(C(O)(c3ccccc3)c3ccccc3)n2)CC1)c1ccc(OCc2ccccc2)c2[nH]c(=O)ccc12.